The maximum absolute atomic E-state index is 13.0. The molecule has 20 heavy (non-hydrogen) atoms. The number of halogens is 4. The van der Waals surface area contributed by atoms with E-state index in [9.17, 15) is 22.4 Å². The topological polar surface area (TPSA) is 57.7 Å². The number of ether oxygens (including phenoxy) is 3. The summed E-state index contributed by atoms with van der Waals surface area (Å²) in [6.07, 6.45) is -4.57. The van der Waals surface area contributed by atoms with E-state index >= 15 is 0 Å². The van der Waals surface area contributed by atoms with Gasteiger partial charge in [-0.05, 0) is 0 Å². The van der Waals surface area contributed by atoms with Crippen molar-refractivity contribution in [2.45, 2.75) is 19.5 Å². The van der Waals surface area contributed by atoms with E-state index < -0.39 is 36.9 Å². The number of nitrogens with zero attached hydrogens (tertiary/aromatic N) is 1. The summed E-state index contributed by atoms with van der Waals surface area (Å²) in [7, 11) is 2.31. The van der Waals surface area contributed by atoms with Gasteiger partial charge in [-0.25, -0.2) is 9.37 Å². The Bertz CT molecular complexity index is 490. The molecule has 0 radical (unpaired) electrons. The van der Waals surface area contributed by atoms with Crippen LogP contribution in [0.25, 0.3) is 0 Å². The van der Waals surface area contributed by atoms with Crippen molar-refractivity contribution >= 4 is 5.97 Å². The average Bonchev–Trinajstić information content (AvgIpc) is 2.37. The maximum Gasteiger partial charge on any atom is 0.574 e. The molecular weight excluding hydrogens is 286 g/mol. The van der Waals surface area contributed by atoms with Crippen LogP contribution in [-0.2, 0) is 22.6 Å². The van der Waals surface area contributed by atoms with Crippen LogP contribution in [-0.4, -0.2) is 31.5 Å². The van der Waals surface area contributed by atoms with Gasteiger partial charge in [-0.3, -0.25) is 4.79 Å². The van der Waals surface area contributed by atoms with Crippen molar-refractivity contribution < 1.29 is 36.6 Å². The van der Waals surface area contributed by atoms with E-state index in [0.717, 1.165) is 13.3 Å². The maximum atomic E-state index is 13.0. The molecule has 112 valence electrons. The van der Waals surface area contributed by atoms with E-state index in [4.69, 9.17) is 4.74 Å². The normalized spacial score (nSPS) is 11.1. The smallest absolute Gasteiger partial charge is 0.495 e. The summed E-state index contributed by atoms with van der Waals surface area (Å²) in [5.41, 5.74) is -0.608. The summed E-state index contributed by atoms with van der Waals surface area (Å²) in [5.74, 6) is -1.75. The number of carbonyl (C=O) groups is 1. The lowest BCUT2D eigenvalue weighted by Crippen LogP contribution is -2.20. The molecule has 0 fully saturated rings. The number of rotatable bonds is 5. The van der Waals surface area contributed by atoms with E-state index in [1.807, 2.05) is 0 Å². The minimum absolute atomic E-state index is 0.0300. The molecule has 1 rings (SSSR count). The van der Waals surface area contributed by atoms with Crippen LogP contribution in [0.3, 0.4) is 0 Å². The van der Waals surface area contributed by atoms with Gasteiger partial charge in [0.25, 0.3) is 0 Å². The Balaban J connectivity index is 3.28. The number of esters is 1. The van der Waals surface area contributed by atoms with Gasteiger partial charge < -0.3 is 14.2 Å². The van der Waals surface area contributed by atoms with Crippen molar-refractivity contribution in [2.75, 3.05) is 14.2 Å². The number of pyridine rings is 1. The van der Waals surface area contributed by atoms with Crippen molar-refractivity contribution in [3.05, 3.63) is 17.3 Å². The molecule has 0 aliphatic heterocycles. The molecule has 1 aromatic rings. The van der Waals surface area contributed by atoms with Crippen LogP contribution in [0.15, 0.2) is 6.20 Å². The fourth-order valence-corrected chi connectivity index (χ4v) is 1.47. The minimum Gasteiger partial charge on any atom is -0.495 e. The van der Waals surface area contributed by atoms with Crippen LogP contribution in [0.2, 0.25) is 0 Å². The molecule has 0 unspecified atom stereocenters. The number of hydrogen-bond donors (Lipinski definition) is 0. The highest BCUT2D eigenvalue weighted by molar-refractivity contribution is 5.74. The average molecular weight is 297 g/mol. The first kappa shape index (κ1) is 16.0. The highest BCUT2D eigenvalue weighted by Crippen LogP contribution is 2.32. The second-order valence-corrected chi connectivity index (χ2v) is 3.52. The molecule has 0 bridgehead atoms. The lowest BCUT2D eigenvalue weighted by atomic mass is 10.1. The van der Waals surface area contributed by atoms with Gasteiger partial charge in [0.2, 0.25) is 5.88 Å². The first-order valence-corrected chi connectivity index (χ1v) is 5.25. The number of alkyl halides is 4. The largest absolute Gasteiger partial charge is 0.574 e. The summed E-state index contributed by atoms with van der Waals surface area (Å²) in [6, 6.07) is 0. The van der Waals surface area contributed by atoms with Gasteiger partial charge in [0.05, 0.1) is 32.4 Å². The standard InChI is InChI=1S/C11H11F4NO4/c1-18-8-5-16-10(20-11(13,14)15)7(4-12)6(8)3-9(17)19-2/h5H,3-4H2,1-2H3. The van der Waals surface area contributed by atoms with Gasteiger partial charge in [0.1, 0.15) is 12.4 Å². The van der Waals surface area contributed by atoms with Crippen molar-refractivity contribution in [1.82, 2.24) is 4.98 Å². The van der Waals surface area contributed by atoms with Gasteiger partial charge in [-0.15, -0.1) is 13.2 Å². The molecule has 0 saturated carbocycles. The van der Waals surface area contributed by atoms with Crippen LogP contribution in [0.5, 0.6) is 11.6 Å². The summed E-state index contributed by atoms with van der Waals surface area (Å²) < 4.78 is 62.4. The van der Waals surface area contributed by atoms with Crippen LogP contribution in [0.1, 0.15) is 11.1 Å². The molecule has 1 aromatic heterocycles. The fourth-order valence-electron chi connectivity index (χ4n) is 1.47. The molecule has 0 spiro atoms. The molecule has 0 aliphatic rings. The van der Waals surface area contributed by atoms with Gasteiger partial charge >= 0.3 is 12.3 Å². The van der Waals surface area contributed by atoms with E-state index in [2.05, 4.69) is 14.5 Å². The number of methoxy groups -OCH3 is 2. The van der Waals surface area contributed by atoms with E-state index in [-0.39, 0.29) is 11.3 Å². The third-order valence-corrected chi connectivity index (χ3v) is 2.33. The van der Waals surface area contributed by atoms with Gasteiger partial charge in [0.15, 0.2) is 0 Å². The molecule has 0 N–H and O–H groups in total. The molecule has 9 heteroatoms. The van der Waals surface area contributed by atoms with Crippen molar-refractivity contribution in [3.63, 3.8) is 0 Å². The molecule has 0 atom stereocenters. The molecule has 1 heterocycles. The SMILES string of the molecule is COC(=O)Cc1c(OC)cnc(OC(F)(F)F)c1CF. The Kier molecular flexibility index (Phi) is 5.12. The van der Waals surface area contributed by atoms with E-state index in [1.165, 1.54) is 7.11 Å². The predicted molar refractivity (Wildman–Crippen MR) is 58.0 cm³/mol. The summed E-state index contributed by atoms with van der Waals surface area (Å²) >= 11 is 0. The van der Waals surface area contributed by atoms with Crippen LogP contribution in [0, 0.1) is 0 Å². The molecular formula is C11H11F4NO4. The van der Waals surface area contributed by atoms with Crippen molar-refractivity contribution in [2.24, 2.45) is 0 Å². The minimum atomic E-state index is -5.02. The Labute approximate surface area is 111 Å². The summed E-state index contributed by atoms with van der Waals surface area (Å²) in [4.78, 5) is 14.6. The third-order valence-electron chi connectivity index (χ3n) is 2.33. The van der Waals surface area contributed by atoms with Crippen LogP contribution < -0.4 is 9.47 Å². The summed E-state index contributed by atoms with van der Waals surface area (Å²) in [5, 5.41) is 0. The zero-order valence-electron chi connectivity index (χ0n) is 10.6. The lowest BCUT2D eigenvalue weighted by molar-refractivity contribution is -0.276. The molecule has 0 aromatic carbocycles. The van der Waals surface area contributed by atoms with Crippen molar-refractivity contribution in [3.8, 4) is 11.6 Å². The predicted octanol–water partition coefficient (Wildman–Crippen LogP) is 2.17. The van der Waals surface area contributed by atoms with Crippen LogP contribution >= 0.6 is 0 Å². The van der Waals surface area contributed by atoms with Crippen molar-refractivity contribution in [1.29, 1.82) is 0 Å². The first-order chi connectivity index (χ1) is 9.32. The van der Waals surface area contributed by atoms with Gasteiger partial charge in [-0.1, -0.05) is 0 Å². The molecule has 0 aliphatic carbocycles. The Morgan fingerprint density at radius 1 is 1.30 bits per heavy atom. The second-order valence-electron chi connectivity index (χ2n) is 3.52. The monoisotopic (exact) mass is 297 g/mol. The van der Waals surface area contributed by atoms with Crippen LogP contribution in [0.4, 0.5) is 17.6 Å². The Hall–Kier alpha value is -2.06. The zero-order chi connectivity index (χ0) is 15.3. The third kappa shape index (κ3) is 3.97. The fraction of sp³-hybridized carbons (Fsp3) is 0.455. The van der Waals surface area contributed by atoms with E-state index in [0.29, 0.717) is 0 Å². The van der Waals surface area contributed by atoms with Gasteiger partial charge in [0, 0.05) is 5.56 Å². The second kappa shape index (κ2) is 6.40. The quantitative estimate of drug-likeness (QED) is 0.616. The number of carbonyl (C=O) groups excluding carboxylic acids is 1. The highest BCUT2D eigenvalue weighted by Gasteiger charge is 2.34. The van der Waals surface area contributed by atoms with Gasteiger partial charge in [-0.2, -0.15) is 0 Å². The molecule has 0 amide bonds. The summed E-state index contributed by atoms with van der Waals surface area (Å²) in [6.45, 7) is -1.30. The Morgan fingerprint density at radius 2 is 1.95 bits per heavy atom. The number of aromatic nitrogens is 1. The van der Waals surface area contributed by atoms with E-state index in [1.54, 1.807) is 0 Å². The number of hydrogen-bond acceptors (Lipinski definition) is 5. The zero-order valence-corrected chi connectivity index (χ0v) is 10.6. The molecule has 5 nitrogen and oxygen atoms in total. The highest BCUT2D eigenvalue weighted by atomic mass is 19.4. The lowest BCUT2D eigenvalue weighted by Gasteiger charge is -2.15. The molecule has 0 saturated heterocycles. The Morgan fingerprint density at radius 3 is 2.40 bits per heavy atom. The first-order valence-electron chi connectivity index (χ1n) is 5.25.